The zero-order valence-electron chi connectivity index (χ0n) is 41.7. The standard InChI is InChI=1S/C18H11F3N4O3.C11H7BrN4O2.C7H6BF3O3.C7H4BrNO2.C5H5ClN2.2CH3/c19-18(20,21)28-13-4-2-11(3-5-13)12-8-14-16(24-9-12)27-17(26)25(14)10-15-22-6-1-7-23-15;12-7-4-8-10(15-5-7)18-11(17)16(8)6-9-13-2-1-3-14-9;9-7(10,11)14-6-3-1-5(2-4-6)8(12)13;8-5-1-4-2-6(10)11-7(4)9-3-5;6-4-5-7-2-1-3-8-5;;/h1-9H,10H2;1-5H,6H2;1-4,12-13H;1,3H,2H2;1-3H,4H2;2*1H3/q;;;;;2*-1. The van der Waals surface area contributed by atoms with Crippen LogP contribution in [0.15, 0.2) is 168 Å². The summed E-state index contributed by atoms with van der Waals surface area (Å²) in [6.07, 6.45) is 5.21. The lowest BCUT2D eigenvalue weighted by atomic mass is 9.80. The van der Waals surface area contributed by atoms with Crippen molar-refractivity contribution in [2.24, 2.45) is 0 Å². The zero-order valence-corrected chi connectivity index (χ0v) is 45.6. The van der Waals surface area contributed by atoms with Crippen molar-refractivity contribution >= 4 is 84.5 Å². The fourth-order valence-electron chi connectivity index (χ4n) is 6.51. The number of halogens is 9. The van der Waals surface area contributed by atoms with Gasteiger partial charge < -0.3 is 47.9 Å². The van der Waals surface area contributed by atoms with E-state index in [0.717, 1.165) is 38.8 Å². The van der Waals surface area contributed by atoms with Gasteiger partial charge in [0.15, 0.2) is 0 Å². The molecule has 0 amide bonds. The molecule has 9 heterocycles. The lowest BCUT2D eigenvalue weighted by molar-refractivity contribution is -0.275. The van der Waals surface area contributed by atoms with Gasteiger partial charge in [-0.3, -0.25) is 13.9 Å². The molecule has 10 aromatic rings. The van der Waals surface area contributed by atoms with Gasteiger partial charge in [-0.15, -0.1) is 37.9 Å². The van der Waals surface area contributed by atoms with Gasteiger partial charge in [0.25, 0.3) is 0 Å². The highest BCUT2D eigenvalue weighted by Gasteiger charge is 2.32. The third kappa shape index (κ3) is 19.1. The van der Waals surface area contributed by atoms with Crippen LogP contribution in [0.4, 0.5) is 26.3 Å². The van der Waals surface area contributed by atoms with E-state index in [1.54, 1.807) is 79.9 Å². The SMILES string of the molecule is ClCc1ncccn1.O=C1Cc2cc(Br)cnc2O1.O=c1oc2ncc(-c3ccc(OC(F)(F)F)cc3)cc2n1Cc1ncccn1.O=c1oc2ncc(Br)cc2n1Cc1ncccn1.OB(O)c1ccc(OC(F)(F)F)cc1.[CH3-].[CH3-]. The summed E-state index contributed by atoms with van der Waals surface area (Å²) in [5.41, 5.74) is 3.62. The summed E-state index contributed by atoms with van der Waals surface area (Å²) in [4.78, 5) is 70.7. The van der Waals surface area contributed by atoms with Crippen molar-refractivity contribution in [1.82, 2.24) is 54.0 Å². The summed E-state index contributed by atoms with van der Waals surface area (Å²) >= 11 is 12.0. The summed E-state index contributed by atoms with van der Waals surface area (Å²) in [6, 6.07) is 20.0. The van der Waals surface area contributed by atoms with Crippen LogP contribution >= 0.6 is 43.5 Å². The molecule has 0 saturated carbocycles. The van der Waals surface area contributed by atoms with Crippen molar-refractivity contribution in [1.29, 1.82) is 0 Å². The summed E-state index contributed by atoms with van der Waals surface area (Å²) in [5, 5.41) is 17.3. The molecule has 0 bridgehead atoms. The molecule has 1 aliphatic rings. The molecule has 81 heavy (non-hydrogen) atoms. The quantitative estimate of drug-likeness (QED) is 0.0449. The molecule has 1 aliphatic heterocycles. The van der Waals surface area contributed by atoms with Crippen LogP contribution in [0.2, 0.25) is 0 Å². The molecule has 8 aromatic heterocycles. The van der Waals surface area contributed by atoms with Crippen molar-refractivity contribution in [3.8, 4) is 28.5 Å². The number of hydrogen-bond donors (Lipinski definition) is 2. The second-order valence-electron chi connectivity index (χ2n) is 15.4. The predicted octanol–water partition coefficient (Wildman–Crippen LogP) is 8.67. The first kappa shape index (κ1) is 63.4. The number of alkyl halides is 7. The van der Waals surface area contributed by atoms with E-state index in [-0.39, 0.29) is 50.8 Å². The minimum atomic E-state index is -4.76. The molecule has 0 fully saturated rings. The molecule has 0 spiro atoms. The van der Waals surface area contributed by atoms with Crippen LogP contribution in [0.1, 0.15) is 23.0 Å². The fourth-order valence-corrected chi connectivity index (χ4v) is 7.35. The highest BCUT2D eigenvalue weighted by atomic mass is 79.9. The maximum Gasteiger partial charge on any atom is 0.573 e. The maximum absolute atomic E-state index is 12.3. The Morgan fingerprint density at radius 1 is 0.580 bits per heavy atom. The summed E-state index contributed by atoms with van der Waals surface area (Å²) in [5.74, 6) is 0.435. The number of hydrogen-bond acceptors (Lipinski definition) is 19. The zero-order chi connectivity index (χ0) is 56.7. The second-order valence-corrected chi connectivity index (χ2v) is 17.5. The van der Waals surface area contributed by atoms with Crippen molar-refractivity contribution in [3.63, 3.8) is 0 Å². The van der Waals surface area contributed by atoms with Crippen molar-refractivity contribution < 1.29 is 64.2 Å². The molecule has 0 unspecified atom stereocenters. The van der Waals surface area contributed by atoms with E-state index >= 15 is 0 Å². The number of aromatic nitrogens is 11. The number of nitrogens with zero attached hydrogens (tertiary/aromatic N) is 11. The van der Waals surface area contributed by atoms with Gasteiger partial charge in [-0.2, -0.15) is 0 Å². The number of carbonyl (C=O) groups is 1. The van der Waals surface area contributed by atoms with E-state index in [0.29, 0.717) is 63.5 Å². The van der Waals surface area contributed by atoms with Crippen LogP contribution in [0.5, 0.6) is 17.4 Å². The molecule has 0 atom stereocenters. The van der Waals surface area contributed by atoms with E-state index in [2.05, 4.69) is 86.2 Å². The van der Waals surface area contributed by atoms with Gasteiger partial charge >= 0.3 is 37.3 Å². The lowest BCUT2D eigenvalue weighted by Gasteiger charge is -2.09. The third-order valence-corrected chi connectivity index (χ3v) is 11.0. The molecular formula is C50H39BBr2ClF6N11O10-2. The van der Waals surface area contributed by atoms with Crippen molar-refractivity contribution in [2.75, 3.05) is 0 Å². The predicted molar refractivity (Wildman–Crippen MR) is 287 cm³/mol. The van der Waals surface area contributed by atoms with Crippen LogP contribution in [0.3, 0.4) is 0 Å². The Morgan fingerprint density at radius 3 is 1.47 bits per heavy atom. The molecule has 2 aromatic carbocycles. The summed E-state index contributed by atoms with van der Waals surface area (Å²) in [7, 11) is -1.70. The Bertz CT molecular complexity index is 3740. The lowest BCUT2D eigenvalue weighted by Crippen LogP contribution is -2.29. The van der Waals surface area contributed by atoms with Gasteiger partial charge in [0, 0.05) is 75.8 Å². The summed E-state index contributed by atoms with van der Waals surface area (Å²) in [6.45, 7) is 0.348. The first-order valence-electron chi connectivity index (χ1n) is 22.1. The molecule has 31 heteroatoms. The van der Waals surface area contributed by atoms with Crippen LogP contribution in [0, 0.1) is 14.9 Å². The van der Waals surface area contributed by atoms with Crippen molar-refractivity contribution in [2.45, 2.75) is 38.1 Å². The normalized spacial score (nSPS) is 11.3. The Hall–Kier alpha value is -8.45. The van der Waals surface area contributed by atoms with Crippen molar-refractivity contribution in [3.05, 3.63) is 209 Å². The molecule has 0 aliphatic carbocycles. The number of ether oxygens (including phenoxy) is 3. The minimum Gasteiger partial charge on any atom is -0.423 e. The Morgan fingerprint density at radius 2 is 1.01 bits per heavy atom. The number of pyridine rings is 3. The van der Waals surface area contributed by atoms with E-state index in [9.17, 15) is 40.7 Å². The Labute approximate surface area is 475 Å². The van der Waals surface area contributed by atoms with Gasteiger partial charge in [-0.25, -0.2) is 54.4 Å². The molecule has 0 saturated heterocycles. The largest absolute Gasteiger partial charge is 0.573 e. The molecule has 422 valence electrons. The van der Waals surface area contributed by atoms with E-state index in [1.165, 1.54) is 39.6 Å². The second kappa shape index (κ2) is 29.1. The van der Waals surface area contributed by atoms with Gasteiger partial charge in [0.2, 0.25) is 17.3 Å². The van der Waals surface area contributed by atoms with Crippen LogP contribution in [-0.2, 0) is 30.2 Å². The minimum absolute atomic E-state index is 0. The van der Waals surface area contributed by atoms with Crippen LogP contribution in [-0.4, -0.2) is 89.9 Å². The number of rotatable bonds is 9. The average Bonchev–Trinajstić information content (AvgIpc) is 4.24. The fraction of sp³-hybridized carbons (Fsp3) is 0.120. The molecule has 0 radical (unpaired) electrons. The summed E-state index contributed by atoms with van der Waals surface area (Å²) < 4.78 is 98.7. The first-order valence-corrected chi connectivity index (χ1v) is 24.2. The number of benzene rings is 2. The smallest absolute Gasteiger partial charge is 0.423 e. The highest BCUT2D eigenvalue weighted by Crippen LogP contribution is 2.29. The first-order chi connectivity index (χ1) is 37.7. The van der Waals surface area contributed by atoms with E-state index in [1.807, 2.05) is 6.07 Å². The van der Waals surface area contributed by atoms with Gasteiger partial charge in [-0.05, 0) is 104 Å². The topological polar surface area (TPSA) is 272 Å². The average molecular weight is 1270 g/mol. The number of fused-ring (bicyclic) bond motifs is 3. The van der Waals surface area contributed by atoms with E-state index in [4.69, 9.17) is 35.2 Å². The molecule has 11 rings (SSSR count). The van der Waals surface area contributed by atoms with Crippen LogP contribution in [0.25, 0.3) is 33.6 Å². The highest BCUT2D eigenvalue weighted by molar-refractivity contribution is 9.10. The third-order valence-electron chi connectivity index (χ3n) is 9.87. The Kier molecular flexibility index (Phi) is 22.8. The van der Waals surface area contributed by atoms with Gasteiger partial charge in [-0.1, -0.05) is 24.3 Å². The number of oxazole rings is 2. The van der Waals surface area contributed by atoms with Gasteiger partial charge in [0.05, 0.1) is 25.4 Å². The molecule has 2 N–H and O–H groups in total. The maximum atomic E-state index is 12.3. The van der Waals surface area contributed by atoms with Gasteiger partial charge in [0.1, 0.15) is 40.0 Å². The number of esters is 1. The monoisotopic (exact) mass is 1270 g/mol. The number of carbonyl (C=O) groups excluding carboxylic acids is 1. The van der Waals surface area contributed by atoms with Crippen LogP contribution < -0.4 is 31.2 Å². The molecular weight excluding hydrogens is 1230 g/mol. The Balaban J connectivity index is 0.000000197. The molecule has 21 nitrogen and oxygen atoms in total. The van der Waals surface area contributed by atoms with E-state index < -0.39 is 37.1 Å².